The molecule has 2 aromatic rings. The van der Waals surface area contributed by atoms with Gasteiger partial charge in [0, 0.05) is 33.9 Å². The van der Waals surface area contributed by atoms with Gasteiger partial charge in [-0.2, -0.15) is 0 Å². The first-order valence-electron chi connectivity index (χ1n) is 6.16. The van der Waals surface area contributed by atoms with Crippen molar-refractivity contribution in [1.29, 1.82) is 0 Å². The number of nitrogens with two attached hydrogens (primary N) is 1. The third-order valence-corrected chi connectivity index (χ3v) is 3.34. The number of carbonyl (C=O) groups is 1. The zero-order chi connectivity index (χ0) is 15.6. The lowest BCUT2D eigenvalue weighted by Crippen LogP contribution is -2.13. The molecule has 0 bridgehead atoms. The molecule has 1 amide bonds. The summed E-state index contributed by atoms with van der Waals surface area (Å²) < 4.78 is 27.3. The lowest BCUT2D eigenvalue weighted by atomic mass is 10.1. The van der Waals surface area contributed by atoms with Gasteiger partial charge in [0.15, 0.2) is 0 Å². The van der Waals surface area contributed by atoms with Crippen molar-refractivity contribution in [3.8, 4) is 0 Å². The molecule has 0 heterocycles. The fraction of sp³-hybridized carbons (Fsp3) is 0.133. The monoisotopic (exact) mass is 310 g/mol. The van der Waals surface area contributed by atoms with Crippen LogP contribution < -0.4 is 11.1 Å². The Morgan fingerprint density at radius 2 is 1.95 bits per heavy atom. The molecule has 0 saturated heterocycles. The van der Waals surface area contributed by atoms with E-state index in [4.69, 9.17) is 17.3 Å². The number of benzene rings is 2. The minimum atomic E-state index is -0.731. The number of halogens is 3. The first kappa shape index (κ1) is 15.3. The number of hydrogen-bond acceptors (Lipinski definition) is 2. The largest absolute Gasteiger partial charge is 0.381 e. The smallest absolute Gasteiger partial charge is 0.248 e. The molecular formula is C15H13ClF2N2O. The van der Waals surface area contributed by atoms with Crippen LogP contribution in [-0.4, -0.2) is 5.91 Å². The van der Waals surface area contributed by atoms with E-state index >= 15 is 0 Å². The predicted octanol–water partition coefficient (Wildman–Crippen LogP) is 3.64. The van der Waals surface area contributed by atoms with Crippen molar-refractivity contribution in [1.82, 2.24) is 0 Å². The van der Waals surface area contributed by atoms with Crippen LogP contribution in [0.15, 0.2) is 30.3 Å². The van der Waals surface area contributed by atoms with E-state index in [0.29, 0.717) is 21.8 Å². The molecule has 110 valence electrons. The third kappa shape index (κ3) is 3.49. The average molecular weight is 311 g/mol. The van der Waals surface area contributed by atoms with E-state index in [1.54, 1.807) is 6.92 Å². The summed E-state index contributed by atoms with van der Waals surface area (Å²) in [5.74, 6) is -1.71. The van der Waals surface area contributed by atoms with Crippen molar-refractivity contribution in [3.05, 3.63) is 63.7 Å². The Bertz CT molecular complexity index is 704. The number of anilines is 1. The zero-order valence-corrected chi connectivity index (χ0v) is 12.0. The van der Waals surface area contributed by atoms with E-state index in [2.05, 4.69) is 5.32 Å². The van der Waals surface area contributed by atoms with Gasteiger partial charge >= 0.3 is 0 Å². The van der Waals surface area contributed by atoms with Gasteiger partial charge in [-0.3, -0.25) is 4.79 Å². The molecule has 0 fully saturated rings. The lowest BCUT2D eigenvalue weighted by molar-refractivity contribution is 0.1000. The quantitative estimate of drug-likeness (QED) is 0.906. The third-order valence-electron chi connectivity index (χ3n) is 3.11. The second kappa shape index (κ2) is 6.10. The van der Waals surface area contributed by atoms with E-state index in [-0.39, 0.29) is 12.1 Å². The van der Waals surface area contributed by atoms with Crippen LogP contribution in [0.2, 0.25) is 5.02 Å². The van der Waals surface area contributed by atoms with Gasteiger partial charge in [-0.05, 0) is 37.3 Å². The second-order valence-electron chi connectivity index (χ2n) is 4.58. The van der Waals surface area contributed by atoms with Crippen LogP contribution in [0, 0.1) is 18.6 Å². The number of nitrogens with one attached hydrogen (secondary N) is 1. The van der Waals surface area contributed by atoms with Gasteiger partial charge in [-0.1, -0.05) is 11.6 Å². The van der Waals surface area contributed by atoms with Crippen LogP contribution in [0.1, 0.15) is 21.5 Å². The highest BCUT2D eigenvalue weighted by Gasteiger charge is 2.11. The number of hydrogen-bond donors (Lipinski definition) is 2. The Morgan fingerprint density at radius 3 is 2.62 bits per heavy atom. The Hall–Kier alpha value is -2.14. The Balaban J connectivity index is 2.27. The molecule has 0 aliphatic rings. The summed E-state index contributed by atoms with van der Waals surface area (Å²) in [6.07, 6.45) is 0. The van der Waals surface area contributed by atoms with Crippen molar-refractivity contribution in [2.45, 2.75) is 13.5 Å². The van der Waals surface area contributed by atoms with Crippen molar-refractivity contribution >= 4 is 23.2 Å². The summed E-state index contributed by atoms with van der Waals surface area (Å²) in [7, 11) is 0. The Kier molecular flexibility index (Phi) is 4.43. The molecule has 2 rings (SSSR count). The van der Waals surface area contributed by atoms with Gasteiger partial charge in [-0.25, -0.2) is 8.78 Å². The maximum absolute atomic E-state index is 13.7. The van der Waals surface area contributed by atoms with Crippen molar-refractivity contribution in [2.24, 2.45) is 5.73 Å². The van der Waals surface area contributed by atoms with Gasteiger partial charge in [-0.15, -0.1) is 0 Å². The SMILES string of the molecule is Cc1c(F)cc(C(N)=O)cc1NCc1cc(Cl)ccc1F. The van der Waals surface area contributed by atoms with Crippen molar-refractivity contribution in [3.63, 3.8) is 0 Å². The molecule has 0 saturated carbocycles. The molecule has 3 nitrogen and oxygen atoms in total. The van der Waals surface area contributed by atoms with Crippen LogP contribution in [0.3, 0.4) is 0 Å². The number of rotatable bonds is 4. The molecule has 0 aromatic heterocycles. The average Bonchev–Trinajstić information content (AvgIpc) is 2.43. The van der Waals surface area contributed by atoms with Gasteiger partial charge in [0.05, 0.1) is 0 Å². The van der Waals surface area contributed by atoms with Crippen LogP contribution in [0.4, 0.5) is 14.5 Å². The summed E-state index contributed by atoms with van der Waals surface area (Å²) in [5, 5.41) is 3.29. The van der Waals surface area contributed by atoms with Crippen LogP contribution in [0.5, 0.6) is 0 Å². The summed E-state index contributed by atoms with van der Waals surface area (Å²) in [6, 6.07) is 6.69. The lowest BCUT2D eigenvalue weighted by Gasteiger charge is -2.12. The van der Waals surface area contributed by atoms with E-state index < -0.39 is 17.5 Å². The van der Waals surface area contributed by atoms with Crippen molar-refractivity contribution < 1.29 is 13.6 Å². The fourth-order valence-corrected chi connectivity index (χ4v) is 2.07. The standard InChI is InChI=1S/C15H13ClF2N2O/c1-8-13(18)5-9(15(19)21)6-14(8)20-7-10-4-11(16)2-3-12(10)17/h2-6,20H,7H2,1H3,(H2,19,21). The normalized spacial score (nSPS) is 10.5. The molecule has 0 aliphatic carbocycles. The highest BCUT2D eigenvalue weighted by molar-refractivity contribution is 6.30. The summed E-state index contributed by atoms with van der Waals surface area (Å²) in [4.78, 5) is 11.1. The van der Waals surface area contributed by atoms with E-state index in [0.717, 1.165) is 6.07 Å². The van der Waals surface area contributed by atoms with Crippen LogP contribution >= 0.6 is 11.6 Å². The van der Waals surface area contributed by atoms with Crippen molar-refractivity contribution in [2.75, 3.05) is 5.32 Å². The summed E-state index contributed by atoms with van der Waals surface area (Å²) >= 11 is 5.81. The molecule has 21 heavy (non-hydrogen) atoms. The van der Waals surface area contributed by atoms with Gasteiger partial charge in [0.2, 0.25) is 5.91 Å². The molecule has 0 unspecified atom stereocenters. The van der Waals surface area contributed by atoms with Crippen LogP contribution in [0.25, 0.3) is 0 Å². The molecule has 0 radical (unpaired) electrons. The molecular weight excluding hydrogens is 298 g/mol. The summed E-state index contributed by atoms with van der Waals surface area (Å²) in [5.41, 5.74) is 6.23. The van der Waals surface area contributed by atoms with E-state index in [1.807, 2.05) is 0 Å². The molecule has 0 atom stereocenters. The van der Waals surface area contributed by atoms with E-state index in [1.165, 1.54) is 24.3 Å². The van der Waals surface area contributed by atoms with Gasteiger partial charge in [0.25, 0.3) is 0 Å². The molecule has 0 spiro atoms. The predicted molar refractivity (Wildman–Crippen MR) is 78.4 cm³/mol. The highest BCUT2D eigenvalue weighted by atomic mass is 35.5. The molecule has 6 heteroatoms. The topological polar surface area (TPSA) is 55.1 Å². The zero-order valence-electron chi connectivity index (χ0n) is 11.2. The Morgan fingerprint density at radius 1 is 1.24 bits per heavy atom. The molecule has 0 aliphatic heterocycles. The maximum atomic E-state index is 13.7. The summed E-state index contributed by atoms with van der Waals surface area (Å²) in [6.45, 7) is 1.66. The van der Waals surface area contributed by atoms with Gasteiger partial charge in [0.1, 0.15) is 11.6 Å². The minimum Gasteiger partial charge on any atom is -0.381 e. The van der Waals surface area contributed by atoms with Gasteiger partial charge < -0.3 is 11.1 Å². The Labute approximate surface area is 125 Å². The number of primary amides is 1. The first-order chi connectivity index (χ1) is 9.88. The highest BCUT2D eigenvalue weighted by Crippen LogP contribution is 2.22. The van der Waals surface area contributed by atoms with E-state index in [9.17, 15) is 13.6 Å². The second-order valence-corrected chi connectivity index (χ2v) is 5.02. The molecule has 3 N–H and O–H groups in total. The fourth-order valence-electron chi connectivity index (χ4n) is 1.87. The van der Waals surface area contributed by atoms with Crippen LogP contribution in [-0.2, 0) is 6.54 Å². The maximum Gasteiger partial charge on any atom is 0.248 e. The minimum absolute atomic E-state index is 0.0483. The molecule has 2 aromatic carbocycles. The number of amides is 1. The number of carbonyl (C=O) groups excluding carboxylic acids is 1. The first-order valence-corrected chi connectivity index (χ1v) is 6.54.